The highest BCUT2D eigenvalue weighted by molar-refractivity contribution is 8.03. The predicted molar refractivity (Wildman–Crippen MR) is 128 cm³/mol. The van der Waals surface area contributed by atoms with Gasteiger partial charge >= 0.3 is 0 Å². The fourth-order valence-electron chi connectivity index (χ4n) is 2.16. The van der Waals surface area contributed by atoms with Gasteiger partial charge in [-0.3, -0.25) is 4.79 Å². The molecule has 1 amide bonds. The molecule has 0 fully saturated rings. The number of hydrogen-bond donors (Lipinski definition) is 1. The molecule has 11 heteroatoms. The van der Waals surface area contributed by atoms with Crippen molar-refractivity contribution in [3.8, 4) is 0 Å². The van der Waals surface area contributed by atoms with E-state index in [1.165, 1.54) is 23.1 Å². The maximum absolute atomic E-state index is 12.1. The average Bonchev–Trinajstić information content (AvgIpc) is 3.19. The molecule has 0 aliphatic heterocycles. The Morgan fingerprint density at radius 1 is 1.03 bits per heavy atom. The van der Waals surface area contributed by atoms with Crippen LogP contribution in [0.15, 0.2) is 56.2 Å². The molecule has 3 rings (SSSR count). The van der Waals surface area contributed by atoms with Crippen molar-refractivity contribution in [2.45, 2.75) is 21.4 Å². The molecule has 1 N–H and O–H groups in total. The number of thioether (sulfide) groups is 2. The standard InChI is InChI=1S/C19H15Cl3N4OS3/c1-11(12-6-7-15(21)16(22)8-12)23-24-17(27)10-29-19-26-25-18(30-19)28-9-13-4-2-3-5-14(13)20/h2-8H,9-10H2,1H3,(H,24,27)/b23-11-. The first-order chi connectivity index (χ1) is 14.4. The van der Waals surface area contributed by atoms with Crippen LogP contribution in [0.25, 0.3) is 0 Å². The van der Waals surface area contributed by atoms with Crippen LogP contribution in [0.1, 0.15) is 18.1 Å². The second-order valence-corrected chi connectivity index (χ2v) is 10.5. The van der Waals surface area contributed by atoms with Crippen molar-refractivity contribution in [1.82, 2.24) is 15.6 Å². The van der Waals surface area contributed by atoms with Crippen molar-refractivity contribution in [1.29, 1.82) is 0 Å². The summed E-state index contributed by atoms with van der Waals surface area (Å²) in [5.41, 5.74) is 4.98. The van der Waals surface area contributed by atoms with E-state index in [9.17, 15) is 4.79 Å². The van der Waals surface area contributed by atoms with Gasteiger partial charge in [-0.2, -0.15) is 5.10 Å². The van der Waals surface area contributed by atoms with Crippen LogP contribution in [0.5, 0.6) is 0 Å². The minimum absolute atomic E-state index is 0.183. The van der Waals surface area contributed by atoms with E-state index in [1.807, 2.05) is 24.3 Å². The Kier molecular flexibility index (Phi) is 8.85. The summed E-state index contributed by atoms with van der Waals surface area (Å²) >= 11 is 22.4. The number of amides is 1. The zero-order chi connectivity index (χ0) is 21.5. The molecule has 0 aliphatic carbocycles. The number of halogens is 3. The number of rotatable bonds is 8. The van der Waals surface area contributed by atoms with Crippen molar-refractivity contribution in [2.24, 2.45) is 5.10 Å². The molecule has 0 aliphatic rings. The third kappa shape index (κ3) is 6.87. The molecular formula is C19H15Cl3N4OS3. The lowest BCUT2D eigenvalue weighted by Gasteiger charge is -2.04. The molecule has 0 radical (unpaired) electrons. The van der Waals surface area contributed by atoms with Crippen LogP contribution in [0.4, 0.5) is 0 Å². The van der Waals surface area contributed by atoms with Crippen LogP contribution in [0, 0.1) is 0 Å². The largest absolute Gasteiger partial charge is 0.272 e. The summed E-state index contributed by atoms with van der Waals surface area (Å²) < 4.78 is 1.54. The van der Waals surface area contributed by atoms with Gasteiger partial charge in [0.05, 0.1) is 21.5 Å². The summed E-state index contributed by atoms with van der Waals surface area (Å²) in [4.78, 5) is 12.1. The highest BCUT2D eigenvalue weighted by Gasteiger charge is 2.10. The van der Waals surface area contributed by atoms with E-state index in [-0.39, 0.29) is 11.7 Å². The fourth-order valence-corrected chi connectivity index (χ4v) is 5.56. The molecule has 2 aromatic carbocycles. The monoisotopic (exact) mass is 516 g/mol. The van der Waals surface area contributed by atoms with Gasteiger partial charge in [-0.05, 0) is 36.2 Å². The lowest BCUT2D eigenvalue weighted by atomic mass is 10.1. The first-order valence-electron chi connectivity index (χ1n) is 8.53. The minimum Gasteiger partial charge on any atom is -0.272 e. The summed E-state index contributed by atoms with van der Waals surface area (Å²) in [6.45, 7) is 1.78. The molecule has 1 aromatic heterocycles. The Morgan fingerprint density at radius 3 is 2.50 bits per heavy atom. The lowest BCUT2D eigenvalue weighted by Crippen LogP contribution is -2.21. The van der Waals surface area contributed by atoms with E-state index in [2.05, 4.69) is 20.7 Å². The molecule has 0 spiro atoms. The SMILES string of the molecule is C/C(=N/NC(=O)CSc1nnc(SCc2ccccc2Cl)s1)c1ccc(Cl)c(Cl)c1. The maximum atomic E-state index is 12.1. The molecule has 0 unspecified atom stereocenters. The number of carbonyl (C=O) groups excluding carboxylic acids is 1. The highest BCUT2D eigenvalue weighted by Crippen LogP contribution is 2.32. The number of aromatic nitrogens is 2. The third-order valence-electron chi connectivity index (χ3n) is 3.71. The van der Waals surface area contributed by atoms with Crippen LogP contribution in [-0.2, 0) is 10.5 Å². The van der Waals surface area contributed by atoms with Gasteiger partial charge in [-0.1, -0.05) is 93.9 Å². The van der Waals surface area contributed by atoms with Crippen LogP contribution in [-0.4, -0.2) is 27.6 Å². The molecule has 5 nitrogen and oxygen atoms in total. The fraction of sp³-hybridized carbons (Fsp3) is 0.158. The van der Waals surface area contributed by atoms with Crippen molar-refractivity contribution in [3.63, 3.8) is 0 Å². The first kappa shape index (κ1) is 23.4. The number of nitrogens with zero attached hydrogens (tertiary/aromatic N) is 3. The highest BCUT2D eigenvalue weighted by atomic mass is 35.5. The zero-order valence-electron chi connectivity index (χ0n) is 15.6. The normalized spacial score (nSPS) is 11.5. The number of carbonyl (C=O) groups is 1. The van der Waals surface area contributed by atoms with Crippen molar-refractivity contribution in [3.05, 3.63) is 68.7 Å². The van der Waals surface area contributed by atoms with Gasteiger partial charge in [0.1, 0.15) is 0 Å². The van der Waals surface area contributed by atoms with Gasteiger partial charge < -0.3 is 0 Å². The Morgan fingerprint density at radius 2 is 1.77 bits per heavy atom. The van der Waals surface area contributed by atoms with E-state index in [0.717, 1.165) is 24.8 Å². The van der Waals surface area contributed by atoms with Crippen LogP contribution in [0.2, 0.25) is 15.1 Å². The van der Waals surface area contributed by atoms with Gasteiger partial charge in [0.25, 0.3) is 5.91 Å². The maximum Gasteiger partial charge on any atom is 0.250 e. The van der Waals surface area contributed by atoms with E-state index >= 15 is 0 Å². The van der Waals surface area contributed by atoms with Crippen LogP contribution >= 0.6 is 69.7 Å². The molecule has 156 valence electrons. The van der Waals surface area contributed by atoms with Crippen molar-refractivity contribution < 1.29 is 4.79 Å². The van der Waals surface area contributed by atoms with Gasteiger partial charge in [-0.25, -0.2) is 5.43 Å². The summed E-state index contributed by atoms with van der Waals surface area (Å²) in [6, 6.07) is 12.9. The molecule has 30 heavy (non-hydrogen) atoms. The molecule has 0 atom stereocenters. The topological polar surface area (TPSA) is 67.2 Å². The Labute approximate surface area is 201 Å². The quantitative estimate of drug-likeness (QED) is 0.212. The first-order valence-corrected chi connectivity index (χ1v) is 12.5. The summed E-state index contributed by atoms with van der Waals surface area (Å²) in [6.07, 6.45) is 0. The molecule has 0 bridgehead atoms. The molecule has 0 saturated carbocycles. The van der Waals surface area contributed by atoms with Crippen molar-refractivity contribution in [2.75, 3.05) is 5.75 Å². The third-order valence-corrected chi connectivity index (χ3v) is 8.06. The summed E-state index contributed by atoms with van der Waals surface area (Å²) in [7, 11) is 0. The number of benzene rings is 2. The Bertz CT molecular complexity index is 1070. The Hall–Kier alpha value is -1.29. The van der Waals surface area contributed by atoms with E-state index in [1.54, 1.807) is 36.9 Å². The van der Waals surface area contributed by atoms with Gasteiger partial charge in [0.2, 0.25) is 0 Å². The predicted octanol–water partition coefficient (Wildman–Crippen LogP) is 6.42. The average molecular weight is 518 g/mol. The second kappa shape index (κ2) is 11.4. The van der Waals surface area contributed by atoms with Gasteiger partial charge in [0.15, 0.2) is 8.68 Å². The molecule has 0 saturated heterocycles. The smallest absolute Gasteiger partial charge is 0.250 e. The van der Waals surface area contributed by atoms with Crippen LogP contribution < -0.4 is 5.43 Å². The minimum atomic E-state index is -0.236. The molecule has 1 heterocycles. The molecular weight excluding hydrogens is 503 g/mol. The number of hydrogen-bond acceptors (Lipinski definition) is 7. The zero-order valence-corrected chi connectivity index (χ0v) is 20.3. The van der Waals surface area contributed by atoms with E-state index < -0.39 is 0 Å². The van der Waals surface area contributed by atoms with E-state index in [4.69, 9.17) is 34.8 Å². The van der Waals surface area contributed by atoms with Gasteiger partial charge in [-0.15, -0.1) is 10.2 Å². The van der Waals surface area contributed by atoms with Crippen molar-refractivity contribution >= 4 is 81.3 Å². The Balaban J connectivity index is 1.47. The number of nitrogens with one attached hydrogen (secondary N) is 1. The van der Waals surface area contributed by atoms with Gasteiger partial charge in [0, 0.05) is 10.8 Å². The second-order valence-electron chi connectivity index (χ2n) is 5.86. The van der Waals surface area contributed by atoms with E-state index in [0.29, 0.717) is 21.5 Å². The lowest BCUT2D eigenvalue weighted by molar-refractivity contribution is -0.118. The number of hydrazone groups is 1. The summed E-state index contributed by atoms with van der Waals surface area (Å²) in [5, 5.41) is 14.0. The molecule has 3 aromatic rings. The summed E-state index contributed by atoms with van der Waals surface area (Å²) in [5.74, 6) is 0.657. The van der Waals surface area contributed by atoms with Crippen LogP contribution in [0.3, 0.4) is 0 Å².